The Hall–Kier alpha value is -3.41. The van der Waals surface area contributed by atoms with E-state index in [1.165, 1.54) is 6.92 Å². The number of aromatic amines is 1. The number of carbonyl (C=O) groups is 3. The molecule has 2 N–H and O–H groups in total. The Labute approximate surface area is 190 Å². The number of H-pyrrole nitrogens is 1. The summed E-state index contributed by atoms with van der Waals surface area (Å²) < 4.78 is 5.39. The van der Waals surface area contributed by atoms with E-state index in [2.05, 4.69) is 10.3 Å². The molecule has 1 aromatic heterocycles. The van der Waals surface area contributed by atoms with E-state index in [1.807, 2.05) is 77.1 Å². The van der Waals surface area contributed by atoms with E-state index in [0.717, 1.165) is 34.5 Å². The molecule has 0 aliphatic heterocycles. The molecule has 0 unspecified atom stereocenters. The Morgan fingerprint density at radius 2 is 1.72 bits per heavy atom. The van der Waals surface area contributed by atoms with Crippen LogP contribution < -0.4 is 5.32 Å². The van der Waals surface area contributed by atoms with E-state index in [1.54, 1.807) is 0 Å². The quantitative estimate of drug-likeness (QED) is 0.414. The van der Waals surface area contributed by atoms with Gasteiger partial charge in [0, 0.05) is 18.3 Å². The smallest absolute Gasteiger partial charge is 0.341 e. The van der Waals surface area contributed by atoms with Crippen LogP contribution >= 0.6 is 0 Å². The predicted octanol–water partition coefficient (Wildman–Crippen LogP) is 5.61. The van der Waals surface area contributed by atoms with Crippen molar-refractivity contribution in [2.75, 3.05) is 0 Å². The highest BCUT2D eigenvalue weighted by atomic mass is 16.5. The normalized spacial score (nSPS) is 11.3. The molecule has 0 radical (unpaired) electrons. The van der Waals surface area contributed by atoms with Gasteiger partial charge in [0.15, 0.2) is 6.29 Å². The number of esters is 1. The lowest BCUT2D eigenvalue weighted by atomic mass is 10.0. The van der Waals surface area contributed by atoms with E-state index in [4.69, 9.17) is 4.74 Å². The molecule has 1 amide bonds. The standard InChI is InChI=1S/C19H21NO3.C7H13NO/c1-4-13(3)18-15(5-2)17(16(11-21)20-18)19(22)23-12-14-9-7-6-8-10-14;1-4-7(5-2)8-6(3)9/h4,6-11,20H,5,12H2,1-3H3;4H,5H2,1-3H3,(H,8,9)/b13-4+;7-4+. The molecule has 2 aromatic rings. The molecule has 0 spiro atoms. The summed E-state index contributed by atoms with van der Waals surface area (Å²) in [5.74, 6) is -0.468. The summed E-state index contributed by atoms with van der Waals surface area (Å²) >= 11 is 0. The van der Waals surface area contributed by atoms with Gasteiger partial charge in [-0.15, -0.1) is 0 Å². The average molecular weight is 439 g/mol. The zero-order valence-corrected chi connectivity index (χ0v) is 19.9. The highest BCUT2D eigenvalue weighted by Crippen LogP contribution is 2.26. The van der Waals surface area contributed by atoms with Crippen molar-refractivity contribution < 1.29 is 19.1 Å². The molecule has 0 saturated carbocycles. The molecule has 1 aromatic carbocycles. The van der Waals surface area contributed by atoms with Crippen molar-refractivity contribution in [3.05, 3.63) is 76.3 Å². The van der Waals surface area contributed by atoms with Gasteiger partial charge < -0.3 is 15.0 Å². The van der Waals surface area contributed by atoms with Gasteiger partial charge in [-0.05, 0) is 50.3 Å². The summed E-state index contributed by atoms with van der Waals surface area (Å²) in [6.45, 7) is 11.4. The number of amides is 1. The van der Waals surface area contributed by atoms with Gasteiger partial charge in [0.2, 0.25) is 5.91 Å². The van der Waals surface area contributed by atoms with Crippen LogP contribution in [0.25, 0.3) is 5.57 Å². The third kappa shape index (κ3) is 7.69. The van der Waals surface area contributed by atoms with Gasteiger partial charge in [-0.2, -0.15) is 0 Å². The number of allylic oxidation sites excluding steroid dienone is 4. The first-order valence-electron chi connectivity index (χ1n) is 10.8. The third-order valence-electron chi connectivity index (χ3n) is 4.91. The zero-order chi connectivity index (χ0) is 24.1. The molecule has 6 nitrogen and oxygen atoms in total. The fraction of sp³-hybridized carbons (Fsp3) is 0.346. The molecular formula is C26H34N2O4. The minimum Gasteiger partial charge on any atom is -0.457 e. The van der Waals surface area contributed by atoms with Crippen LogP contribution in [-0.2, 0) is 22.6 Å². The molecule has 32 heavy (non-hydrogen) atoms. The summed E-state index contributed by atoms with van der Waals surface area (Å²) in [5, 5.41) is 2.70. The van der Waals surface area contributed by atoms with Crippen molar-refractivity contribution in [1.29, 1.82) is 0 Å². The lowest BCUT2D eigenvalue weighted by molar-refractivity contribution is -0.118. The van der Waals surface area contributed by atoms with Crippen molar-refractivity contribution in [3.8, 4) is 0 Å². The Balaban J connectivity index is 0.000000482. The second-order valence-electron chi connectivity index (χ2n) is 7.12. The number of carbonyl (C=O) groups excluding carboxylic acids is 3. The summed E-state index contributed by atoms with van der Waals surface area (Å²) in [7, 11) is 0. The van der Waals surface area contributed by atoms with Gasteiger partial charge in [0.05, 0.1) is 11.3 Å². The molecule has 0 atom stereocenters. The number of hydrogen-bond donors (Lipinski definition) is 2. The fourth-order valence-electron chi connectivity index (χ4n) is 3.10. The first kappa shape index (κ1) is 26.6. The number of ether oxygens (including phenoxy) is 1. The van der Waals surface area contributed by atoms with Gasteiger partial charge in [-0.1, -0.05) is 56.3 Å². The highest BCUT2D eigenvalue weighted by molar-refractivity contribution is 6.00. The first-order valence-corrected chi connectivity index (χ1v) is 10.8. The highest BCUT2D eigenvalue weighted by Gasteiger charge is 2.23. The first-order chi connectivity index (χ1) is 15.3. The number of aldehydes is 1. The largest absolute Gasteiger partial charge is 0.457 e. The van der Waals surface area contributed by atoms with E-state index in [-0.39, 0.29) is 18.2 Å². The predicted molar refractivity (Wildman–Crippen MR) is 128 cm³/mol. The zero-order valence-electron chi connectivity index (χ0n) is 19.9. The van der Waals surface area contributed by atoms with Crippen molar-refractivity contribution in [1.82, 2.24) is 10.3 Å². The SMILES string of the molecule is C/C=C(\C)c1[nH]c(C=O)c(C(=O)OCc2ccccc2)c1CC.C/C=C(\CC)NC(C)=O. The number of rotatable bonds is 8. The maximum Gasteiger partial charge on any atom is 0.341 e. The lowest BCUT2D eigenvalue weighted by Gasteiger charge is -2.07. The van der Waals surface area contributed by atoms with Crippen LogP contribution in [0.15, 0.2) is 48.2 Å². The minimum absolute atomic E-state index is 0.00458. The molecule has 0 saturated heterocycles. The molecule has 0 aliphatic carbocycles. The van der Waals surface area contributed by atoms with E-state index in [0.29, 0.717) is 18.3 Å². The van der Waals surface area contributed by atoms with Crippen LogP contribution in [-0.4, -0.2) is 23.1 Å². The Morgan fingerprint density at radius 3 is 2.16 bits per heavy atom. The molecular weight excluding hydrogens is 404 g/mol. The van der Waals surface area contributed by atoms with Crippen LogP contribution in [0.3, 0.4) is 0 Å². The summed E-state index contributed by atoms with van der Waals surface area (Å²) in [6.07, 6.45) is 6.04. The Morgan fingerprint density at radius 1 is 1.06 bits per heavy atom. The number of hydrogen-bond acceptors (Lipinski definition) is 4. The molecule has 1 heterocycles. The molecule has 0 bridgehead atoms. The Bertz CT molecular complexity index is 969. The van der Waals surface area contributed by atoms with Crippen LogP contribution in [0.1, 0.15) is 85.6 Å². The van der Waals surface area contributed by atoms with Gasteiger partial charge in [0.1, 0.15) is 6.61 Å². The molecule has 0 fully saturated rings. The lowest BCUT2D eigenvalue weighted by Crippen LogP contribution is -2.18. The van der Waals surface area contributed by atoms with E-state index in [9.17, 15) is 14.4 Å². The number of nitrogens with one attached hydrogen (secondary N) is 2. The van der Waals surface area contributed by atoms with Crippen LogP contribution in [0.2, 0.25) is 0 Å². The van der Waals surface area contributed by atoms with E-state index >= 15 is 0 Å². The molecule has 2 rings (SSSR count). The summed E-state index contributed by atoms with van der Waals surface area (Å²) in [5.41, 5.74) is 5.15. The topological polar surface area (TPSA) is 88.3 Å². The van der Waals surface area contributed by atoms with Gasteiger partial charge in [-0.25, -0.2) is 4.79 Å². The maximum atomic E-state index is 12.5. The fourth-order valence-corrected chi connectivity index (χ4v) is 3.10. The minimum atomic E-state index is -0.473. The van der Waals surface area contributed by atoms with Crippen molar-refractivity contribution in [3.63, 3.8) is 0 Å². The summed E-state index contributed by atoms with van der Waals surface area (Å²) in [4.78, 5) is 37.3. The second-order valence-corrected chi connectivity index (χ2v) is 7.12. The molecule has 172 valence electrons. The van der Waals surface area contributed by atoms with Gasteiger partial charge in [0.25, 0.3) is 0 Å². The van der Waals surface area contributed by atoms with Crippen molar-refractivity contribution >= 4 is 23.7 Å². The third-order valence-corrected chi connectivity index (χ3v) is 4.91. The average Bonchev–Trinajstić information content (AvgIpc) is 3.20. The van der Waals surface area contributed by atoms with Crippen molar-refractivity contribution in [2.45, 2.75) is 61.0 Å². The molecule has 6 heteroatoms. The van der Waals surface area contributed by atoms with Crippen molar-refractivity contribution in [2.24, 2.45) is 0 Å². The number of aromatic nitrogens is 1. The second kappa shape index (κ2) is 13.8. The van der Waals surface area contributed by atoms with Crippen LogP contribution in [0, 0.1) is 0 Å². The monoisotopic (exact) mass is 438 g/mol. The maximum absolute atomic E-state index is 12.5. The number of benzene rings is 1. The Kier molecular flexibility index (Phi) is 11.5. The molecule has 0 aliphatic rings. The van der Waals surface area contributed by atoms with Gasteiger partial charge in [-0.3, -0.25) is 9.59 Å². The summed E-state index contributed by atoms with van der Waals surface area (Å²) in [6, 6.07) is 9.47. The van der Waals surface area contributed by atoms with E-state index < -0.39 is 5.97 Å². The van der Waals surface area contributed by atoms with Gasteiger partial charge >= 0.3 is 5.97 Å². The van der Waals surface area contributed by atoms with Crippen LogP contribution in [0.5, 0.6) is 0 Å². The van der Waals surface area contributed by atoms with Crippen LogP contribution in [0.4, 0.5) is 0 Å².